The molecule has 1 unspecified atom stereocenters. The number of aromatic hydroxyl groups is 1. The third kappa shape index (κ3) is 5.15. The van der Waals surface area contributed by atoms with Gasteiger partial charge in [-0.2, -0.15) is 5.10 Å². The lowest BCUT2D eigenvalue weighted by Crippen LogP contribution is -2.44. The van der Waals surface area contributed by atoms with Crippen LogP contribution in [0.2, 0.25) is 0 Å². The molecular formula is C18H18N6O7. The summed E-state index contributed by atoms with van der Waals surface area (Å²) in [6.07, 6.45) is 4.02. The Balaban J connectivity index is 1.83. The van der Waals surface area contributed by atoms with Crippen LogP contribution in [0, 0.1) is 20.2 Å². The molecule has 1 aliphatic rings. The highest BCUT2D eigenvalue weighted by Crippen LogP contribution is 2.33. The van der Waals surface area contributed by atoms with Gasteiger partial charge in [0, 0.05) is 31.5 Å². The molecule has 0 aliphatic carbocycles. The van der Waals surface area contributed by atoms with Crippen molar-refractivity contribution in [1.29, 1.82) is 0 Å². The van der Waals surface area contributed by atoms with Crippen molar-refractivity contribution in [2.45, 2.75) is 6.04 Å². The fraction of sp³-hybridized carbons (Fsp3) is 0.278. The first-order chi connectivity index (χ1) is 14.9. The summed E-state index contributed by atoms with van der Waals surface area (Å²) in [6, 6.07) is 4.25. The van der Waals surface area contributed by atoms with Gasteiger partial charge in [-0.15, -0.1) is 0 Å². The largest absolute Gasteiger partial charge is 0.502 e. The molecule has 1 amide bonds. The van der Waals surface area contributed by atoms with Crippen molar-refractivity contribution in [2.24, 2.45) is 5.10 Å². The number of benzene rings is 1. The van der Waals surface area contributed by atoms with Gasteiger partial charge in [-0.3, -0.25) is 34.9 Å². The van der Waals surface area contributed by atoms with Crippen molar-refractivity contribution in [3.8, 4) is 5.75 Å². The van der Waals surface area contributed by atoms with Crippen molar-refractivity contribution in [1.82, 2.24) is 15.3 Å². The molecule has 2 N–H and O–H groups in total. The van der Waals surface area contributed by atoms with Crippen molar-refractivity contribution >= 4 is 23.5 Å². The lowest BCUT2D eigenvalue weighted by Gasteiger charge is -2.33. The number of hydrogen-bond acceptors (Lipinski definition) is 10. The number of carbonyl (C=O) groups is 1. The number of pyridine rings is 1. The van der Waals surface area contributed by atoms with E-state index in [2.05, 4.69) is 15.5 Å². The van der Waals surface area contributed by atoms with Gasteiger partial charge in [0.05, 0.1) is 40.9 Å². The highest BCUT2D eigenvalue weighted by molar-refractivity contribution is 5.89. The second kappa shape index (κ2) is 9.69. The molecule has 1 aromatic carbocycles. The summed E-state index contributed by atoms with van der Waals surface area (Å²) in [7, 11) is 0. The number of hydrogen-bond donors (Lipinski definition) is 2. The number of aromatic nitrogens is 1. The number of hydrazone groups is 1. The maximum Gasteiger partial charge on any atom is 0.318 e. The lowest BCUT2D eigenvalue weighted by atomic mass is 10.1. The van der Waals surface area contributed by atoms with Gasteiger partial charge in [0.25, 0.3) is 11.6 Å². The summed E-state index contributed by atoms with van der Waals surface area (Å²) in [5.41, 5.74) is 1.28. The van der Waals surface area contributed by atoms with Crippen molar-refractivity contribution in [3.63, 3.8) is 0 Å². The monoisotopic (exact) mass is 430 g/mol. The molecule has 1 aliphatic heterocycles. The number of phenols is 1. The molecule has 0 radical (unpaired) electrons. The Labute approximate surface area is 175 Å². The Morgan fingerprint density at radius 3 is 2.52 bits per heavy atom. The van der Waals surface area contributed by atoms with Gasteiger partial charge in [-0.1, -0.05) is 0 Å². The molecule has 0 bridgehead atoms. The number of nitro groups is 2. The van der Waals surface area contributed by atoms with E-state index in [-0.39, 0.29) is 5.56 Å². The Morgan fingerprint density at radius 1 is 1.23 bits per heavy atom. The first-order valence-electron chi connectivity index (χ1n) is 9.09. The number of rotatable bonds is 7. The molecule has 0 saturated carbocycles. The molecule has 0 spiro atoms. The van der Waals surface area contributed by atoms with Crippen LogP contribution in [0.15, 0.2) is 41.8 Å². The quantitative estimate of drug-likeness (QED) is 0.371. The molecule has 3 rings (SSSR count). The first kappa shape index (κ1) is 21.7. The summed E-state index contributed by atoms with van der Waals surface area (Å²) in [4.78, 5) is 39.0. The molecule has 2 heterocycles. The number of nitrogens with one attached hydrogen (secondary N) is 1. The van der Waals surface area contributed by atoms with E-state index in [1.165, 1.54) is 0 Å². The van der Waals surface area contributed by atoms with Crippen LogP contribution in [0.25, 0.3) is 0 Å². The van der Waals surface area contributed by atoms with Crippen molar-refractivity contribution in [2.75, 3.05) is 26.3 Å². The topological polar surface area (TPSA) is 173 Å². The maximum absolute atomic E-state index is 12.9. The second-order valence-electron chi connectivity index (χ2n) is 6.48. The fourth-order valence-corrected chi connectivity index (χ4v) is 3.10. The summed E-state index contributed by atoms with van der Waals surface area (Å²) in [6.45, 7) is 1.96. The molecule has 2 aromatic rings. The summed E-state index contributed by atoms with van der Waals surface area (Å²) in [5, 5.41) is 35.8. The zero-order valence-corrected chi connectivity index (χ0v) is 16.1. The van der Waals surface area contributed by atoms with E-state index in [4.69, 9.17) is 4.74 Å². The molecular weight excluding hydrogens is 412 g/mol. The Bertz CT molecular complexity index is 1010. The molecule has 1 saturated heterocycles. The van der Waals surface area contributed by atoms with Crippen molar-refractivity contribution < 1.29 is 24.5 Å². The Kier molecular flexibility index (Phi) is 6.79. The van der Waals surface area contributed by atoms with Crippen LogP contribution < -0.4 is 5.43 Å². The predicted molar refractivity (Wildman–Crippen MR) is 107 cm³/mol. The number of amides is 1. The minimum atomic E-state index is -0.948. The number of nitrogens with zero attached hydrogens (tertiary/aromatic N) is 5. The van der Waals surface area contributed by atoms with Crippen LogP contribution in [-0.2, 0) is 9.53 Å². The number of phenolic OH excluding ortho intramolecular Hbond substituents is 1. The van der Waals surface area contributed by atoms with Crippen LogP contribution in [-0.4, -0.2) is 63.3 Å². The first-order valence-corrected chi connectivity index (χ1v) is 9.09. The Hall–Kier alpha value is -3.97. The smallest absolute Gasteiger partial charge is 0.318 e. The zero-order valence-electron chi connectivity index (χ0n) is 16.1. The van der Waals surface area contributed by atoms with E-state index in [0.717, 1.165) is 12.3 Å². The summed E-state index contributed by atoms with van der Waals surface area (Å²) in [5.74, 6) is -1.30. The van der Waals surface area contributed by atoms with E-state index in [1.807, 2.05) is 4.90 Å². The number of nitro benzene ring substituents is 2. The number of ether oxygens (including phenoxy) is 1. The van der Waals surface area contributed by atoms with Gasteiger partial charge in [0.2, 0.25) is 5.75 Å². The standard InChI is InChI=1S/C18H18N6O7/c25-17-13(9-14(23(27)28)10-15(17)24(29)30)11-20-21-18(26)16(12-1-3-19-4-2-12)22-5-7-31-8-6-22/h1-4,9-11,16,25H,5-8H2,(H,21,26)/b20-11+. The molecule has 1 fully saturated rings. The van der Waals surface area contributed by atoms with Crippen molar-refractivity contribution in [3.05, 3.63) is 68.0 Å². The van der Waals surface area contributed by atoms with E-state index in [0.29, 0.717) is 37.9 Å². The molecule has 31 heavy (non-hydrogen) atoms. The third-order valence-electron chi connectivity index (χ3n) is 4.57. The summed E-state index contributed by atoms with van der Waals surface area (Å²) >= 11 is 0. The summed E-state index contributed by atoms with van der Waals surface area (Å²) < 4.78 is 5.33. The second-order valence-corrected chi connectivity index (χ2v) is 6.48. The fourth-order valence-electron chi connectivity index (χ4n) is 3.10. The molecule has 1 aromatic heterocycles. The van der Waals surface area contributed by atoms with Gasteiger partial charge in [-0.25, -0.2) is 5.43 Å². The molecule has 162 valence electrons. The highest BCUT2D eigenvalue weighted by atomic mass is 16.6. The highest BCUT2D eigenvalue weighted by Gasteiger charge is 2.29. The maximum atomic E-state index is 12.9. The average molecular weight is 430 g/mol. The number of morpholine rings is 1. The lowest BCUT2D eigenvalue weighted by molar-refractivity contribution is -0.394. The van der Waals surface area contributed by atoms with Gasteiger partial charge in [0.1, 0.15) is 6.04 Å². The number of carbonyl (C=O) groups excluding carboxylic acids is 1. The van der Waals surface area contributed by atoms with Gasteiger partial charge >= 0.3 is 5.69 Å². The molecule has 13 nitrogen and oxygen atoms in total. The molecule has 13 heteroatoms. The van der Waals surface area contributed by atoms with Crippen LogP contribution in [0.1, 0.15) is 17.2 Å². The van der Waals surface area contributed by atoms with Gasteiger partial charge in [-0.05, 0) is 17.7 Å². The SMILES string of the molecule is O=C(N/N=C/c1cc([N+](=O)[O-])cc([N+](=O)[O-])c1O)C(c1ccncc1)N1CCOCC1. The zero-order chi connectivity index (χ0) is 22.4. The third-order valence-corrected chi connectivity index (χ3v) is 4.57. The minimum absolute atomic E-state index is 0.284. The van der Waals surface area contributed by atoms with E-state index < -0.39 is 38.9 Å². The van der Waals surface area contributed by atoms with E-state index in [9.17, 15) is 30.1 Å². The normalized spacial score (nSPS) is 15.5. The van der Waals surface area contributed by atoms with Crippen LogP contribution in [0.3, 0.4) is 0 Å². The number of non-ortho nitro benzene ring substituents is 1. The minimum Gasteiger partial charge on any atom is -0.502 e. The van der Waals surface area contributed by atoms with Crippen LogP contribution in [0.4, 0.5) is 11.4 Å². The Morgan fingerprint density at radius 2 is 1.90 bits per heavy atom. The van der Waals surface area contributed by atoms with E-state index >= 15 is 0 Å². The molecule has 1 atom stereocenters. The predicted octanol–water partition coefficient (Wildman–Crippen LogP) is 1.13. The van der Waals surface area contributed by atoms with Gasteiger partial charge in [0.15, 0.2) is 0 Å². The average Bonchev–Trinajstić information content (AvgIpc) is 2.76. The van der Waals surface area contributed by atoms with Gasteiger partial charge < -0.3 is 9.84 Å². The van der Waals surface area contributed by atoms with Crippen LogP contribution >= 0.6 is 0 Å². The van der Waals surface area contributed by atoms with Crippen LogP contribution in [0.5, 0.6) is 5.75 Å². The van der Waals surface area contributed by atoms with E-state index in [1.54, 1.807) is 24.5 Å².